The molecule has 144 valence electrons. The SMILES string of the molecule is CCCN(C(=O)C=Cc1c(C)nn(C)c1C)C(C)C(=O)Nc1ccccc1. The number of aromatic nitrogens is 2. The van der Waals surface area contributed by atoms with E-state index in [9.17, 15) is 9.59 Å². The molecule has 2 aromatic rings. The Kier molecular flexibility index (Phi) is 6.93. The molecule has 6 heteroatoms. The van der Waals surface area contributed by atoms with E-state index in [1.165, 1.54) is 6.08 Å². The van der Waals surface area contributed by atoms with E-state index in [1.54, 1.807) is 22.6 Å². The molecular weight excluding hydrogens is 340 g/mol. The molecule has 6 nitrogen and oxygen atoms in total. The number of amides is 2. The summed E-state index contributed by atoms with van der Waals surface area (Å²) in [4.78, 5) is 26.9. The fraction of sp³-hybridized carbons (Fsp3) is 0.381. The first-order valence-corrected chi connectivity index (χ1v) is 9.20. The van der Waals surface area contributed by atoms with Crippen molar-refractivity contribution in [3.63, 3.8) is 0 Å². The Morgan fingerprint density at radius 3 is 2.48 bits per heavy atom. The zero-order valence-electron chi connectivity index (χ0n) is 16.7. The van der Waals surface area contributed by atoms with Crippen molar-refractivity contribution in [2.75, 3.05) is 11.9 Å². The number of para-hydroxylation sites is 1. The van der Waals surface area contributed by atoms with Crippen molar-refractivity contribution < 1.29 is 9.59 Å². The molecule has 1 aromatic heterocycles. The summed E-state index contributed by atoms with van der Waals surface area (Å²) in [5.41, 5.74) is 3.52. The van der Waals surface area contributed by atoms with Gasteiger partial charge < -0.3 is 10.2 Å². The van der Waals surface area contributed by atoms with Crippen LogP contribution >= 0.6 is 0 Å². The standard InChI is InChI=1S/C21H28N4O2/c1-6-14-25(17(4)21(27)22-18-10-8-7-9-11-18)20(26)13-12-19-15(2)23-24(5)16(19)3/h7-13,17H,6,14H2,1-5H3,(H,22,27). The van der Waals surface area contributed by atoms with Crippen LogP contribution < -0.4 is 5.32 Å². The third-order valence-corrected chi connectivity index (χ3v) is 4.59. The lowest BCUT2D eigenvalue weighted by Crippen LogP contribution is -2.45. The molecule has 27 heavy (non-hydrogen) atoms. The number of carbonyl (C=O) groups is 2. The van der Waals surface area contributed by atoms with Gasteiger partial charge in [-0.3, -0.25) is 14.3 Å². The molecule has 1 unspecified atom stereocenters. The molecule has 1 aromatic carbocycles. The van der Waals surface area contributed by atoms with Gasteiger partial charge in [0, 0.05) is 36.6 Å². The smallest absolute Gasteiger partial charge is 0.247 e. The van der Waals surface area contributed by atoms with Gasteiger partial charge in [0.05, 0.1) is 5.69 Å². The molecule has 0 saturated carbocycles. The highest BCUT2D eigenvalue weighted by atomic mass is 16.2. The molecule has 0 bridgehead atoms. The molecule has 0 saturated heterocycles. The Bertz CT molecular complexity index is 824. The number of aryl methyl sites for hydroxylation is 2. The predicted molar refractivity (Wildman–Crippen MR) is 108 cm³/mol. The first kappa shape index (κ1) is 20.4. The molecule has 1 N–H and O–H groups in total. The number of anilines is 1. The van der Waals surface area contributed by atoms with Crippen LogP contribution in [-0.4, -0.2) is 39.1 Å². The minimum atomic E-state index is -0.571. The lowest BCUT2D eigenvalue weighted by molar-refractivity contribution is -0.134. The summed E-state index contributed by atoms with van der Waals surface area (Å²) in [6.07, 6.45) is 4.08. The van der Waals surface area contributed by atoms with Gasteiger partial charge in [-0.25, -0.2) is 0 Å². The maximum absolute atomic E-state index is 12.8. The van der Waals surface area contributed by atoms with Crippen molar-refractivity contribution >= 4 is 23.6 Å². The average Bonchev–Trinajstić information content (AvgIpc) is 2.89. The highest BCUT2D eigenvalue weighted by molar-refractivity contribution is 5.99. The van der Waals surface area contributed by atoms with E-state index < -0.39 is 6.04 Å². The van der Waals surface area contributed by atoms with Crippen molar-refractivity contribution in [2.24, 2.45) is 7.05 Å². The number of rotatable bonds is 7. The van der Waals surface area contributed by atoms with Gasteiger partial charge in [0.25, 0.3) is 0 Å². The quantitative estimate of drug-likeness (QED) is 0.763. The van der Waals surface area contributed by atoms with Crippen LogP contribution in [0, 0.1) is 13.8 Å². The number of hydrogen-bond donors (Lipinski definition) is 1. The van der Waals surface area contributed by atoms with Gasteiger partial charge in [0.2, 0.25) is 11.8 Å². The largest absolute Gasteiger partial charge is 0.327 e. The number of carbonyl (C=O) groups excluding carboxylic acids is 2. The van der Waals surface area contributed by atoms with Gasteiger partial charge in [-0.1, -0.05) is 25.1 Å². The minimum absolute atomic E-state index is 0.185. The Balaban J connectivity index is 2.13. The zero-order chi connectivity index (χ0) is 20.0. The van der Waals surface area contributed by atoms with Gasteiger partial charge >= 0.3 is 0 Å². The van der Waals surface area contributed by atoms with Crippen LogP contribution in [0.15, 0.2) is 36.4 Å². The van der Waals surface area contributed by atoms with Gasteiger partial charge in [0.1, 0.15) is 6.04 Å². The number of nitrogens with zero attached hydrogens (tertiary/aromatic N) is 3. The highest BCUT2D eigenvalue weighted by Crippen LogP contribution is 2.15. The van der Waals surface area contributed by atoms with Crippen molar-refractivity contribution in [1.29, 1.82) is 0 Å². The van der Waals surface area contributed by atoms with E-state index in [-0.39, 0.29) is 11.8 Å². The minimum Gasteiger partial charge on any atom is -0.327 e. The molecule has 2 rings (SSSR count). The molecule has 2 amide bonds. The molecule has 0 aliphatic heterocycles. The lowest BCUT2D eigenvalue weighted by atomic mass is 10.1. The first-order valence-electron chi connectivity index (χ1n) is 9.20. The highest BCUT2D eigenvalue weighted by Gasteiger charge is 2.24. The Labute approximate surface area is 160 Å². The van der Waals surface area contributed by atoms with Crippen LogP contribution in [0.1, 0.15) is 37.2 Å². The van der Waals surface area contributed by atoms with E-state index in [2.05, 4.69) is 10.4 Å². The topological polar surface area (TPSA) is 67.2 Å². The maximum atomic E-state index is 12.8. The molecule has 0 radical (unpaired) electrons. The second-order valence-electron chi connectivity index (χ2n) is 6.60. The van der Waals surface area contributed by atoms with Crippen LogP contribution in [0.4, 0.5) is 5.69 Å². The summed E-state index contributed by atoms with van der Waals surface area (Å²) in [7, 11) is 1.88. The van der Waals surface area contributed by atoms with E-state index in [1.807, 2.05) is 58.2 Å². The van der Waals surface area contributed by atoms with Crippen LogP contribution in [0.25, 0.3) is 6.08 Å². The van der Waals surface area contributed by atoms with Crippen molar-refractivity contribution in [1.82, 2.24) is 14.7 Å². The zero-order valence-corrected chi connectivity index (χ0v) is 16.7. The molecule has 1 atom stereocenters. The van der Waals surface area contributed by atoms with Crippen LogP contribution in [0.2, 0.25) is 0 Å². The molecular formula is C21H28N4O2. The van der Waals surface area contributed by atoms with Crippen LogP contribution in [-0.2, 0) is 16.6 Å². The van der Waals surface area contributed by atoms with Crippen molar-refractivity contribution in [3.8, 4) is 0 Å². The first-order chi connectivity index (χ1) is 12.8. The summed E-state index contributed by atoms with van der Waals surface area (Å²) in [6, 6.07) is 8.68. The Morgan fingerprint density at radius 2 is 1.93 bits per heavy atom. The monoisotopic (exact) mass is 368 g/mol. The molecule has 0 aliphatic rings. The lowest BCUT2D eigenvalue weighted by Gasteiger charge is -2.27. The van der Waals surface area contributed by atoms with Crippen LogP contribution in [0.3, 0.4) is 0 Å². The number of nitrogens with one attached hydrogen (secondary N) is 1. The molecule has 0 spiro atoms. The molecule has 0 fully saturated rings. The Morgan fingerprint density at radius 1 is 1.26 bits per heavy atom. The van der Waals surface area contributed by atoms with Crippen molar-refractivity contribution in [2.45, 2.75) is 40.2 Å². The maximum Gasteiger partial charge on any atom is 0.247 e. The molecule has 0 aliphatic carbocycles. The number of hydrogen-bond acceptors (Lipinski definition) is 3. The van der Waals surface area contributed by atoms with Gasteiger partial charge in [-0.2, -0.15) is 5.10 Å². The van der Waals surface area contributed by atoms with E-state index in [0.29, 0.717) is 6.54 Å². The summed E-state index contributed by atoms with van der Waals surface area (Å²) in [5.74, 6) is -0.389. The summed E-state index contributed by atoms with van der Waals surface area (Å²) in [6.45, 7) is 8.12. The fourth-order valence-corrected chi connectivity index (χ4v) is 2.93. The third kappa shape index (κ3) is 5.06. The second-order valence-corrected chi connectivity index (χ2v) is 6.60. The third-order valence-electron chi connectivity index (χ3n) is 4.59. The summed E-state index contributed by atoms with van der Waals surface area (Å²) < 4.78 is 1.79. The van der Waals surface area contributed by atoms with Crippen LogP contribution in [0.5, 0.6) is 0 Å². The van der Waals surface area contributed by atoms with Gasteiger partial charge in [-0.15, -0.1) is 0 Å². The van der Waals surface area contributed by atoms with Crippen molar-refractivity contribution in [3.05, 3.63) is 53.4 Å². The fourth-order valence-electron chi connectivity index (χ4n) is 2.93. The second kappa shape index (κ2) is 9.16. The van der Waals surface area contributed by atoms with E-state index in [0.717, 1.165) is 29.1 Å². The Hall–Kier alpha value is -2.89. The normalized spacial score (nSPS) is 12.2. The summed E-state index contributed by atoms with van der Waals surface area (Å²) >= 11 is 0. The van der Waals surface area contributed by atoms with Gasteiger partial charge in [0.15, 0.2) is 0 Å². The predicted octanol–water partition coefficient (Wildman–Crippen LogP) is 3.32. The average molecular weight is 368 g/mol. The molecule has 1 heterocycles. The van der Waals surface area contributed by atoms with Gasteiger partial charge in [-0.05, 0) is 45.4 Å². The van der Waals surface area contributed by atoms with E-state index >= 15 is 0 Å². The summed E-state index contributed by atoms with van der Waals surface area (Å²) in [5, 5.41) is 7.22. The van der Waals surface area contributed by atoms with E-state index in [4.69, 9.17) is 0 Å². The number of benzene rings is 1.